The zero-order valence-electron chi connectivity index (χ0n) is 8.49. The Morgan fingerprint density at radius 2 is 2.23 bits per heavy atom. The average Bonchev–Trinajstić information content (AvgIpc) is 2.57. The molecule has 0 radical (unpaired) electrons. The Labute approximate surface area is 79.0 Å². The van der Waals surface area contributed by atoms with Crippen LogP contribution in [0.1, 0.15) is 38.9 Å². The summed E-state index contributed by atoms with van der Waals surface area (Å²) in [5.41, 5.74) is 6.91. The van der Waals surface area contributed by atoms with Gasteiger partial charge < -0.3 is 10.3 Å². The van der Waals surface area contributed by atoms with Gasteiger partial charge in [-0.1, -0.05) is 6.92 Å². The van der Waals surface area contributed by atoms with Crippen molar-refractivity contribution in [1.82, 2.24) is 9.55 Å². The van der Waals surface area contributed by atoms with Crippen LogP contribution in [0, 0.1) is 5.92 Å². The van der Waals surface area contributed by atoms with Gasteiger partial charge in [-0.3, -0.25) is 0 Å². The molecule has 1 fully saturated rings. The molecule has 0 bridgehead atoms. The standard InChI is InChI=1S/C10H17N3/c1-7-4-8(7)13-6-12-5-9(13)10(2,3)11/h5-8H,4,11H2,1-3H3. The molecular weight excluding hydrogens is 162 g/mol. The lowest BCUT2D eigenvalue weighted by Gasteiger charge is -2.20. The minimum Gasteiger partial charge on any atom is -0.330 e. The van der Waals surface area contributed by atoms with Crippen LogP contribution in [-0.2, 0) is 5.54 Å². The lowest BCUT2D eigenvalue weighted by molar-refractivity contribution is 0.489. The summed E-state index contributed by atoms with van der Waals surface area (Å²) in [6, 6.07) is 0.639. The van der Waals surface area contributed by atoms with Crippen LogP contribution in [0.15, 0.2) is 12.5 Å². The zero-order valence-corrected chi connectivity index (χ0v) is 8.49. The van der Waals surface area contributed by atoms with E-state index in [2.05, 4.69) is 16.5 Å². The molecule has 0 amide bonds. The second-order valence-corrected chi connectivity index (χ2v) is 4.69. The third-order valence-electron chi connectivity index (χ3n) is 2.75. The number of nitrogens with two attached hydrogens (primary N) is 1. The van der Waals surface area contributed by atoms with Gasteiger partial charge in [0.15, 0.2) is 0 Å². The zero-order chi connectivity index (χ0) is 9.64. The minimum atomic E-state index is -0.279. The van der Waals surface area contributed by atoms with Crippen LogP contribution in [0.25, 0.3) is 0 Å². The van der Waals surface area contributed by atoms with Gasteiger partial charge >= 0.3 is 0 Å². The van der Waals surface area contributed by atoms with Crippen molar-refractivity contribution < 1.29 is 0 Å². The van der Waals surface area contributed by atoms with Crippen molar-refractivity contribution in [3.63, 3.8) is 0 Å². The van der Waals surface area contributed by atoms with Gasteiger partial charge in [0.2, 0.25) is 0 Å². The highest BCUT2D eigenvalue weighted by molar-refractivity contribution is 5.13. The van der Waals surface area contributed by atoms with Gasteiger partial charge in [0.25, 0.3) is 0 Å². The predicted octanol–water partition coefficient (Wildman–Crippen LogP) is 1.66. The molecule has 1 saturated carbocycles. The van der Waals surface area contributed by atoms with E-state index in [9.17, 15) is 0 Å². The molecule has 2 unspecified atom stereocenters. The topological polar surface area (TPSA) is 43.8 Å². The molecule has 1 aliphatic carbocycles. The molecule has 0 spiro atoms. The van der Waals surface area contributed by atoms with Gasteiger partial charge in [0, 0.05) is 12.2 Å². The molecule has 0 aromatic carbocycles. The van der Waals surface area contributed by atoms with Crippen molar-refractivity contribution in [1.29, 1.82) is 0 Å². The number of nitrogens with zero attached hydrogens (tertiary/aromatic N) is 2. The molecule has 3 nitrogen and oxygen atoms in total. The average molecular weight is 179 g/mol. The van der Waals surface area contributed by atoms with Gasteiger partial charge in [-0.05, 0) is 26.2 Å². The van der Waals surface area contributed by atoms with E-state index >= 15 is 0 Å². The molecule has 1 aromatic heterocycles. The van der Waals surface area contributed by atoms with Crippen LogP contribution in [0.3, 0.4) is 0 Å². The van der Waals surface area contributed by atoms with E-state index < -0.39 is 0 Å². The van der Waals surface area contributed by atoms with E-state index in [-0.39, 0.29) is 5.54 Å². The Bertz CT molecular complexity index is 308. The number of hydrogen-bond donors (Lipinski definition) is 1. The molecular formula is C10H17N3. The summed E-state index contributed by atoms with van der Waals surface area (Å²) in [5.74, 6) is 0.787. The van der Waals surface area contributed by atoms with E-state index in [1.54, 1.807) is 0 Å². The molecule has 3 heteroatoms. The normalized spacial score (nSPS) is 27.7. The van der Waals surface area contributed by atoms with Crippen molar-refractivity contribution in [3.8, 4) is 0 Å². The first kappa shape index (κ1) is 8.75. The summed E-state index contributed by atoms with van der Waals surface area (Å²) >= 11 is 0. The number of aromatic nitrogens is 2. The highest BCUT2D eigenvalue weighted by Crippen LogP contribution is 2.44. The van der Waals surface area contributed by atoms with Crippen LogP contribution in [0.5, 0.6) is 0 Å². The molecule has 0 saturated heterocycles. The lowest BCUT2D eigenvalue weighted by atomic mass is 10.0. The fourth-order valence-electron chi connectivity index (χ4n) is 1.76. The lowest BCUT2D eigenvalue weighted by Crippen LogP contribution is -2.31. The maximum absolute atomic E-state index is 6.05. The fourth-order valence-corrected chi connectivity index (χ4v) is 1.76. The summed E-state index contributed by atoms with van der Waals surface area (Å²) in [6.07, 6.45) is 5.04. The van der Waals surface area contributed by atoms with Crippen LogP contribution >= 0.6 is 0 Å². The smallest absolute Gasteiger partial charge is 0.0951 e. The summed E-state index contributed by atoms with van der Waals surface area (Å²) in [4.78, 5) is 4.17. The fraction of sp³-hybridized carbons (Fsp3) is 0.700. The second-order valence-electron chi connectivity index (χ2n) is 4.69. The monoisotopic (exact) mass is 179 g/mol. The molecule has 72 valence electrons. The van der Waals surface area contributed by atoms with E-state index in [1.807, 2.05) is 26.4 Å². The SMILES string of the molecule is CC1CC1n1cncc1C(C)(C)N. The van der Waals surface area contributed by atoms with Crippen molar-refractivity contribution in [3.05, 3.63) is 18.2 Å². The van der Waals surface area contributed by atoms with Crippen LogP contribution in [-0.4, -0.2) is 9.55 Å². The first-order valence-corrected chi connectivity index (χ1v) is 4.81. The molecule has 2 N–H and O–H groups in total. The molecule has 13 heavy (non-hydrogen) atoms. The van der Waals surface area contributed by atoms with Gasteiger partial charge in [0.1, 0.15) is 0 Å². The molecule has 1 aromatic rings. The molecule has 2 atom stereocenters. The van der Waals surface area contributed by atoms with Crippen molar-refractivity contribution in [2.24, 2.45) is 11.7 Å². The second kappa shape index (κ2) is 2.58. The predicted molar refractivity (Wildman–Crippen MR) is 52.3 cm³/mol. The molecule has 0 aliphatic heterocycles. The summed E-state index contributed by atoms with van der Waals surface area (Å²) in [6.45, 7) is 6.30. The van der Waals surface area contributed by atoms with Crippen LogP contribution in [0.2, 0.25) is 0 Å². The van der Waals surface area contributed by atoms with E-state index in [0.717, 1.165) is 11.6 Å². The molecule has 2 rings (SSSR count). The summed E-state index contributed by atoms with van der Waals surface area (Å²) in [5, 5.41) is 0. The molecule has 1 heterocycles. The van der Waals surface area contributed by atoms with Gasteiger partial charge in [0.05, 0.1) is 17.6 Å². The maximum Gasteiger partial charge on any atom is 0.0951 e. The number of imidazole rings is 1. The van der Waals surface area contributed by atoms with Crippen LogP contribution < -0.4 is 5.73 Å². The largest absolute Gasteiger partial charge is 0.330 e. The summed E-state index contributed by atoms with van der Waals surface area (Å²) < 4.78 is 2.23. The Morgan fingerprint density at radius 3 is 2.69 bits per heavy atom. The Kier molecular flexibility index (Phi) is 1.74. The first-order chi connectivity index (χ1) is 6.00. The van der Waals surface area contributed by atoms with E-state index in [4.69, 9.17) is 5.73 Å². The van der Waals surface area contributed by atoms with Gasteiger partial charge in [-0.25, -0.2) is 4.98 Å². The summed E-state index contributed by atoms with van der Waals surface area (Å²) in [7, 11) is 0. The Balaban J connectivity index is 2.32. The van der Waals surface area contributed by atoms with Crippen molar-refractivity contribution in [2.45, 2.75) is 38.8 Å². The highest BCUT2D eigenvalue weighted by Gasteiger charge is 2.37. The quantitative estimate of drug-likeness (QED) is 0.750. The maximum atomic E-state index is 6.05. The first-order valence-electron chi connectivity index (χ1n) is 4.81. The Morgan fingerprint density at radius 1 is 1.62 bits per heavy atom. The minimum absolute atomic E-state index is 0.279. The third kappa shape index (κ3) is 1.48. The molecule has 1 aliphatic rings. The van der Waals surface area contributed by atoms with Crippen LogP contribution in [0.4, 0.5) is 0 Å². The Hall–Kier alpha value is -0.830. The van der Waals surface area contributed by atoms with Gasteiger partial charge in [-0.2, -0.15) is 0 Å². The van der Waals surface area contributed by atoms with Crippen molar-refractivity contribution >= 4 is 0 Å². The number of hydrogen-bond acceptors (Lipinski definition) is 2. The van der Waals surface area contributed by atoms with E-state index in [1.165, 1.54) is 6.42 Å². The third-order valence-corrected chi connectivity index (χ3v) is 2.75. The van der Waals surface area contributed by atoms with Gasteiger partial charge in [-0.15, -0.1) is 0 Å². The van der Waals surface area contributed by atoms with Crippen molar-refractivity contribution in [2.75, 3.05) is 0 Å². The van der Waals surface area contributed by atoms with E-state index in [0.29, 0.717) is 6.04 Å². The highest BCUT2D eigenvalue weighted by atomic mass is 15.1. The number of rotatable bonds is 2.